The molecule has 0 bridgehead atoms. The molecule has 5 nitrogen and oxygen atoms in total. The van der Waals surface area contributed by atoms with Gasteiger partial charge in [0, 0.05) is 13.1 Å². The monoisotopic (exact) mass is 282 g/mol. The molecular formula is C13H18N2O3S. The van der Waals surface area contributed by atoms with Crippen LogP contribution in [0, 0.1) is 5.92 Å². The SMILES string of the molecule is CCS(=O)(=O)c1ccccc1N1CCC(C(N)=O)C1. The maximum Gasteiger partial charge on any atom is 0.222 e. The highest BCUT2D eigenvalue weighted by molar-refractivity contribution is 7.91. The first kappa shape index (κ1) is 13.9. The molecule has 0 aromatic heterocycles. The van der Waals surface area contributed by atoms with E-state index in [0.717, 1.165) is 0 Å². The van der Waals surface area contributed by atoms with Crippen LogP contribution in [0.25, 0.3) is 0 Å². The molecule has 19 heavy (non-hydrogen) atoms. The summed E-state index contributed by atoms with van der Waals surface area (Å²) in [7, 11) is -3.26. The Balaban J connectivity index is 2.35. The van der Waals surface area contributed by atoms with Gasteiger partial charge in [0.25, 0.3) is 0 Å². The first-order valence-corrected chi connectivity index (χ1v) is 7.97. The maximum absolute atomic E-state index is 12.1. The Labute approximate surface area is 113 Å². The molecule has 1 unspecified atom stereocenters. The molecule has 1 heterocycles. The van der Waals surface area contributed by atoms with E-state index in [-0.39, 0.29) is 17.6 Å². The van der Waals surface area contributed by atoms with Gasteiger partial charge in [0.15, 0.2) is 9.84 Å². The molecule has 6 heteroatoms. The second kappa shape index (κ2) is 5.21. The molecule has 1 aromatic carbocycles. The van der Waals surface area contributed by atoms with Gasteiger partial charge in [-0.25, -0.2) is 8.42 Å². The Kier molecular flexibility index (Phi) is 3.80. The van der Waals surface area contributed by atoms with Crippen LogP contribution in [0.15, 0.2) is 29.2 Å². The fourth-order valence-electron chi connectivity index (χ4n) is 2.35. The molecule has 1 aliphatic rings. The molecule has 1 aromatic rings. The molecule has 104 valence electrons. The lowest BCUT2D eigenvalue weighted by molar-refractivity contribution is -0.121. The number of hydrogen-bond donors (Lipinski definition) is 1. The maximum atomic E-state index is 12.1. The number of amides is 1. The zero-order valence-corrected chi connectivity index (χ0v) is 11.7. The predicted molar refractivity (Wildman–Crippen MR) is 73.7 cm³/mol. The van der Waals surface area contributed by atoms with Gasteiger partial charge in [0.2, 0.25) is 5.91 Å². The third kappa shape index (κ3) is 2.73. The molecule has 1 atom stereocenters. The standard InChI is InChI=1S/C13H18N2O3S/c1-2-19(17,18)12-6-4-3-5-11(12)15-8-7-10(9-15)13(14)16/h3-6,10H,2,7-9H2,1H3,(H2,14,16). The number of sulfone groups is 1. The largest absolute Gasteiger partial charge is 0.370 e. The van der Waals surface area contributed by atoms with Gasteiger partial charge >= 0.3 is 0 Å². The van der Waals surface area contributed by atoms with Crippen LogP contribution in [0.5, 0.6) is 0 Å². The summed E-state index contributed by atoms with van der Waals surface area (Å²) in [5.41, 5.74) is 5.98. The number of rotatable bonds is 4. The molecule has 1 fully saturated rings. The molecular weight excluding hydrogens is 264 g/mol. The Morgan fingerprint density at radius 1 is 1.42 bits per heavy atom. The van der Waals surface area contributed by atoms with Crippen molar-refractivity contribution < 1.29 is 13.2 Å². The van der Waals surface area contributed by atoms with Gasteiger partial charge < -0.3 is 10.6 Å². The molecule has 0 radical (unpaired) electrons. The number of hydrogen-bond acceptors (Lipinski definition) is 4. The highest BCUT2D eigenvalue weighted by atomic mass is 32.2. The number of para-hydroxylation sites is 1. The third-order valence-corrected chi connectivity index (χ3v) is 5.29. The van der Waals surface area contributed by atoms with Gasteiger partial charge in [-0.1, -0.05) is 19.1 Å². The lowest BCUT2D eigenvalue weighted by Crippen LogP contribution is -2.28. The summed E-state index contributed by atoms with van der Waals surface area (Å²) < 4.78 is 24.2. The van der Waals surface area contributed by atoms with Crippen LogP contribution < -0.4 is 10.6 Å². The minimum absolute atomic E-state index is 0.0666. The van der Waals surface area contributed by atoms with Crippen LogP contribution in [0.1, 0.15) is 13.3 Å². The van der Waals surface area contributed by atoms with Gasteiger partial charge in [-0.05, 0) is 18.6 Å². The van der Waals surface area contributed by atoms with E-state index in [9.17, 15) is 13.2 Å². The molecule has 0 aliphatic carbocycles. The van der Waals surface area contributed by atoms with Crippen LogP contribution in [0.2, 0.25) is 0 Å². The van der Waals surface area contributed by atoms with Crippen LogP contribution in [-0.2, 0) is 14.6 Å². The highest BCUT2D eigenvalue weighted by Crippen LogP contribution is 2.30. The summed E-state index contributed by atoms with van der Waals surface area (Å²) >= 11 is 0. The average Bonchev–Trinajstić information content (AvgIpc) is 2.88. The van der Waals surface area contributed by atoms with Gasteiger partial charge in [0.05, 0.1) is 22.3 Å². The summed E-state index contributed by atoms with van der Waals surface area (Å²) in [4.78, 5) is 13.5. The molecule has 0 spiro atoms. The van der Waals surface area contributed by atoms with Crippen molar-refractivity contribution in [2.75, 3.05) is 23.7 Å². The average molecular weight is 282 g/mol. The Bertz CT molecular complexity index is 583. The number of nitrogens with zero attached hydrogens (tertiary/aromatic N) is 1. The smallest absolute Gasteiger partial charge is 0.222 e. The molecule has 1 aliphatic heterocycles. The van der Waals surface area contributed by atoms with Crippen molar-refractivity contribution in [1.82, 2.24) is 0 Å². The van der Waals surface area contributed by atoms with Crippen LogP contribution in [0.3, 0.4) is 0 Å². The quantitative estimate of drug-likeness (QED) is 0.885. The number of carbonyl (C=O) groups excluding carboxylic acids is 1. The Hall–Kier alpha value is -1.56. The lowest BCUT2D eigenvalue weighted by Gasteiger charge is -2.21. The summed E-state index contributed by atoms with van der Waals surface area (Å²) in [5.74, 6) is -0.451. The van der Waals surface area contributed by atoms with E-state index >= 15 is 0 Å². The zero-order chi connectivity index (χ0) is 14.0. The summed E-state index contributed by atoms with van der Waals surface area (Å²) in [6.07, 6.45) is 0.676. The normalized spacial score (nSPS) is 19.6. The number of nitrogens with two attached hydrogens (primary N) is 1. The van der Waals surface area contributed by atoms with E-state index in [0.29, 0.717) is 30.1 Å². The van der Waals surface area contributed by atoms with E-state index in [1.807, 2.05) is 11.0 Å². The van der Waals surface area contributed by atoms with E-state index in [4.69, 9.17) is 5.73 Å². The highest BCUT2D eigenvalue weighted by Gasteiger charge is 2.29. The predicted octanol–water partition coefficient (Wildman–Crippen LogP) is 0.792. The number of primary amides is 1. The summed E-state index contributed by atoms with van der Waals surface area (Å²) in [5, 5.41) is 0. The van der Waals surface area contributed by atoms with Crippen molar-refractivity contribution >= 4 is 21.4 Å². The van der Waals surface area contributed by atoms with Crippen molar-refractivity contribution in [3.8, 4) is 0 Å². The molecule has 2 rings (SSSR count). The lowest BCUT2D eigenvalue weighted by atomic mass is 10.1. The molecule has 1 saturated heterocycles. The first-order chi connectivity index (χ1) is 8.95. The van der Waals surface area contributed by atoms with E-state index < -0.39 is 9.84 Å². The van der Waals surface area contributed by atoms with Gasteiger partial charge in [-0.15, -0.1) is 0 Å². The Morgan fingerprint density at radius 3 is 2.68 bits per heavy atom. The van der Waals surface area contributed by atoms with Gasteiger partial charge in [-0.2, -0.15) is 0 Å². The van der Waals surface area contributed by atoms with Gasteiger partial charge in [-0.3, -0.25) is 4.79 Å². The second-order valence-electron chi connectivity index (χ2n) is 4.71. The topological polar surface area (TPSA) is 80.5 Å². The van der Waals surface area contributed by atoms with Gasteiger partial charge in [0.1, 0.15) is 0 Å². The third-order valence-electron chi connectivity index (χ3n) is 3.51. The van der Waals surface area contributed by atoms with Crippen molar-refractivity contribution in [2.24, 2.45) is 11.7 Å². The molecule has 1 amide bonds. The molecule has 2 N–H and O–H groups in total. The number of benzene rings is 1. The summed E-state index contributed by atoms with van der Waals surface area (Å²) in [6, 6.07) is 6.92. The van der Waals surface area contributed by atoms with E-state index in [1.165, 1.54) is 0 Å². The van der Waals surface area contributed by atoms with Crippen molar-refractivity contribution in [2.45, 2.75) is 18.2 Å². The van der Waals surface area contributed by atoms with Crippen molar-refractivity contribution in [3.63, 3.8) is 0 Å². The minimum Gasteiger partial charge on any atom is -0.370 e. The van der Waals surface area contributed by atoms with Crippen molar-refractivity contribution in [3.05, 3.63) is 24.3 Å². The summed E-state index contributed by atoms with van der Waals surface area (Å²) in [6.45, 7) is 2.78. The number of anilines is 1. The Morgan fingerprint density at radius 2 is 2.11 bits per heavy atom. The van der Waals surface area contributed by atoms with Crippen LogP contribution in [-0.4, -0.2) is 33.2 Å². The number of carbonyl (C=O) groups is 1. The zero-order valence-electron chi connectivity index (χ0n) is 10.9. The van der Waals surface area contributed by atoms with Crippen LogP contribution in [0.4, 0.5) is 5.69 Å². The first-order valence-electron chi connectivity index (χ1n) is 6.31. The second-order valence-corrected chi connectivity index (χ2v) is 6.95. The van der Waals surface area contributed by atoms with Crippen LogP contribution >= 0.6 is 0 Å². The van der Waals surface area contributed by atoms with Crippen molar-refractivity contribution in [1.29, 1.82) is 0 Å². The fraction of sp³-hybridized carbons (Fsp3) is 0.462. The van der Waals surface area contributed by atoms with E-state index in [2.05, 4.69) is 0 Å². The fourth-order valence-corrected chi connectivity index (χ4v) is 3.46. The minimum atomic E-state index is -3.26. The molecule has 0 saturated carbocycles. The van der Waals surface area contributed by atoms with E-state index in [1.54, 1.807) is 25.1 Å².